The lowest BCUT2D eigenvalue weighted by molar-refractivity contribution is -0.117. The van der Waals surface area contributed by atoms with Gasteiger partial charge in [0.05, 0.1) is 12.1 Å². The highest BCUT2D eigenvalue weighted by Gasteiger charge is 2.37. The first-order chi connectivity index (χ1) is 15.4. The smallest absolute Gasteiger partial charge is 0.192 e. The minimum atomic E-state index is -1.86. The van der Waals surface area contributed by atoms with Gasteiger partial charge in [0.25, 0.3) is 0 Å². The summed E-state index contributed by atoms with van der Waals surface area (Å²) in [4.78, 5) is 12.3. The molecule has 1 aromatic heterocycles. The lowest BCUT2D eigenvalue weighted by atomic mass is 9.83. The van der Waals surface area contributed by atoms with Crippen LogP contribution in [0.25, 0.3) is 11.0 Å². The normalized spacial score (nSPS) is 13.5. The van der Waals surface area contributed by atoms with Gasteiger partial charge in [0.2, 0.25) is 0 Å². The number of rotatable bonds is 8. The number of Topliss-reactive ketones (excluding diaryl/α,β-unsaturated/α-hetero) is 1. The molecule has 0 unspecified atom stereocenters. The first-order valence-corrected chi connectivity index (χ1v) is 14.8. The second kappa shape index (κ2) is 9.51. The molecule has 0 saturated carbocycles. The van der Waals surface area contributed by atoms with Gasteiger partial charge < -0.3 is 4.43 Å². The zero-order valence-electron chi connectivity index (χ0n) is 21.7. The quantitative estimate of drug-likeness (QED) is 0.347. The molecule has 33 heavy (non-hydrogen) atoms. The Balaban J connectivity index is 2.02. The van der Waals surface area contributed by atoms with Crippen molar-refractivity contribution < 1.29 is 9.22 Å². The molecule has 178 valence electrons. The third-order valence-corrected chi connectivity index (χ3v) is 11.8. The monoisotopic (exact) mass is 465 g/mol. The van der Waals surface area contributed by atoms with Gasteiger partial charge in [-0.3, -0.25) is 4.79 Å². The van der Waals surface area contributed by atoms with Gasteiger partial charge in [-0.25, -0.2) is 4.68 Å². The number of carbonyl (C=O) groups is 1. The molecule has 0 amide bonds. The maximum Gasteiger partial charge on any atom is 0.192 e. The summed E-state index contributed by atoms with van der Waals surface area (Å²) in [7, 11) is -1.86. The van der Waals surface area contributed by atoms with Crippen molar-refractivity contribution in [1.82, 2.24) is 15.0 Å². The van der Waals surface area contributed by atoms with E-state index in [0.29, 0.717) is 13.0 Å². The number of fused-ring (bicyclic) bond motifs is 1. The standard InChI is InChI=1S/C27H39N3O2Si/c1-10-30-25-14-13-23(20(4)26(25)28-29-30)24(15-19(3)31)21-12-11-18(2)22(16-21)17-32-33(8,9)27(5,6)7/h11-14,16,24H,10,15,17H2,1-9H3/t24-/m1/s1. The Morgan fingerprint density at radius 1 is 1.15 bits per heavy atom. The lowest BCUT2D eigenvalue weighted by Crippen LogP contribution is -2.40. The Morgan fingerprint density at radius 2 is 1.85 bits per heavy atom. The van der Waals surface area contributed by atoms with E-state index in [2.05, 4.69) is 95.3 Å². The fraction of sp³-hybridized carbons (Fsp3) is 0.519. The van der Waals surface area contributed by atoms with E-state index in [1.807, 2.05) is 4.68 Å². The maximum atomic E-state index is 12.3. The van der Waals surface area contributed by atoms with Gasteiger partial charge in [-0.1, -0.05) is 50.3 Å². The molecular weight excluding hydrogens is 426 g/mol. The molecule has 0 fully saturated rings. The summed E-state index contributed by atoms with van der Waals surface area (Å²) in [6.45, 7) is 20.7. The van der Waals surface area contributed by atoms with Gasteiger partial charge in [0.15, 0.2) is 8.32 Å². The van der Waals surface area contributed by atoms with E-state index in [1.54, 1.807) is 6.92 Å². The van der Waals surface area contributed by atoms with Crippen molar-refractivity contribution in [3.8, 4) is 0 Å². The van der Waals surface area contributed by atoms with Crippen molar-refractivity contribution in [1.29, 1.82) is 0 Å². The fourth-order valence-electron chi connectivity index (χ4n) is 4.03. The summed E-state index contributed by atoms with van der Waals surface area (Å²) in [5.41, 5.74) is 7.75. The molecule has 0 N–H and O–H groups in total. The summed E-state index contributed by atoms with van der Waals surface area (Å²) >= 11 is 0. The minimum absolute atomic E-state index is 0.0223. The molecule has 0 spiro atoms. The van der Waals surface area contributed by atoms with Crippen LogP contribution in [0.1, 0.15) is 74.8 Å². The van der Waals surface area contributed by atoms with Crippen LogP contribution in [0.2, 0.25) is 18.1 Å². The van der Waals surface area contributed by atoms with Crippen LogP contribution in [-0.2, 0) is 22.4 Å². The topological polar surface area (TPSA) is 57.0 Å². The average molecular weight is 466 g/mol. The number of hydrogen-bond acceptors (Lipinski definition) is 4. The Morgan fingerprint density at radius 3 is 2.45 bits per heavy atom. The molecule has 0 bridgehead atoms. The maximum absolute atomic E-state index is 12.3. The summed E-state index contributed by atoms with van der Waals surface area (Å²) in [5.74, 6) is 0.155. The largest absolute Gasteiger partial charge is 0.413 e. The van der Waals surface area contributed by atoms with Crippen molar-refractivity contribution in [2.45, 2.75) is 92.1 Å². The van der Waals surface area contributed by atoms with Crippen LogP contribution in [0.15, 0.2) is 30.3 Å². The Kier molecular flexibility index (Phi) is 7.29. The second-order valence-electron chi connectivity index (χ2n) is 10.7. The van der Waals surface area contributed by atoms with E-state index < -0.39 is 8.32 Å². The number of nitrogens with zero attached hydrogens (tertiary/aromatic N) is 3. The number of benzene rings is 2. The third kappa shape index (κ3) is 5.27. The van der Waals surface area contributed by atoms with Gasteiger partial charge >= 0.3 is 0 Å². The molecular formula is C27H39N3O2Si. The molecule has 0 aliphatic rings. The molecule has 1 atom stereocenters. The summed E-state index contributed by atoms with van der Waals surface area (Å²) in [6, 6.07) is 10.8. The van der Waals surface area contributed by atoms with E-state index >= 15 is 0 Å². The van der Waals surface area contributed by atoms with Gasteiger partial charge in [-0.15, -0.1) is 5.10 Å². The first-order valence-electron chi connectivity index (χ1n) is 11.9. The van der Waals surface area contributed by atoms with Crippen LogP contribution in [0.4, 0.5) is 0 Å². The third-order valence-electron chi connectivity index (χ3n) is 7.32. The number of aromatic nitrogens is 3. The highest BCUT2D eigenvalue weighted by molar-refractivity contribution is 6.74. The highest BCUT2D eigenvalue weighted by atomic mass is 28.4. The van der Waals surface area contributed by atoms with Crippen molar-refractivity contribution in [3.63, 3.8) is 0 Å². The minimum Gasteiger partial charge on any atom is -0.413 e. The van der Waals surface area contributed by atoms with Crippen LogP contribution in [0, 0.1) is 13.8 Å². The van der Waals surface area contributed by atoms with Crippen LogP contribution < -0.4 is 0 Å². The lowest BCUT2D eigenvalue weighted by Gasteiger charge is -2.36. The Bertz CT molecular complexity index is 1160. The molecule has 1 heterocycles. The molecule has 0 saturated heterocycles. The molecule has 0 radical (unpaired) electrons. The van der Waals surface area contributed by atoms with E-state index in [4.69, 9.17) is 4.43 Å². The predicted molar refractivity (Wildman–Crippen MR) is 138 cm³/mol. The van der Waals surface area contributed by atoms with Crippen molar-refractivity contribution in [2.24, 2.45) is 0 Å². The van der Waals surface area contributed by atoms with Gasteiger partial charge in [0, 0.05) is 18.9 Å². The van der Waals surface area contributed by atoms with Crippen molar-refractivity contribution >= 4 is 25.1 Å². The van der Waals surface area contributed by atoms with Crippen molar-refractivity contribution in [2.75, 3.05) is 0 Å². The second-order valence-corrected chi connectivity index (χ2v) is 15.6. The Labute approximate surface area is 199 Å². The molecule has 3 aromatic rings. The summed E-state index contributed by atoms with van der Waals surface area (Å²) < 4.78 is 8.44. The van der Waals surface area contributed by atoms with Crippen LogP contribution >= 0.6 is 0 Å². The summed E-state index contributed by atoms with van der Waals surface area (Å²) in [6.07, 6.45) is 0.458. The average Bonchev–Trinajstić information content (AvgIpc) is 3.15. The molecule has 0 aliphatic carbocycles. The zero-order valence-corrected chi connectivity index (χ0v) is 22.7. The van der Waals surface area contributed by atoms with Crippen LogP contribution in [0.5, 0.6) is 0 Å². The molecule has 0 aliphatic heterocycles. The van der Waals surface area contributed by atoms with Gasteiger partial charge in [-0.05, 0) is 79.7 Å². The zero-order chi connectivity index (χ0) is 24.6. The molecule has 3 rings (SSSR count). The van der Waals surface area contributed by atoms with E-state index in [0.717, 1.165) is 34.3 Å². The Hall–Kier alpha value is -2.31. The van der Waals surface area contributed by atoms with Crippen LogP contribution in [-0.4, -0.2) is 29.1 Å². The molecule has 5 nitrogen and oxygen atoms in total. The number of hydrogen-bond donors (Lipinski definition) is 0. The molecule has 6 heteroatoms. The molecule has 2 aromatic carbocycles. The van der Waals surface area contributed by atoms with Crippen LogP contribution in [0.3, 0.4) is 0 Å². The van der Waals surface area contributed by atoms with E-state index in [1.165, 1.54) is 11.1 Å². The predicted octanol–water partition coefficient (Wildman–Crippen LogP) is 6.70. The van der Waals surface area contributed by atoms with Gasteiger partial charge in [-0.2, -0.15) is 0 Å². The van der Waals surface area contributed by atoms with Gasteiger partial charge in [0.1, 0.15) is 11.3 Å². The first kappa shape index (κ1) is 25.3. The van der Waals surface area contributed by atoms with E-state index in [9.17, 15) is 4.79 Å². The van der Waals surface area contributed by atoms with Crippen molar-refractivity contribution in [3.05, 3.63) is 58.1 Å². The number of ketones is 1. The highest BCUT2D eigenvalue weighted by Crippen LogP contribution is 2.38. The number of carbonyl (C=O) groups excluding carboxylic acids is 1. The summed E-state index contributed by atoms with van der Waals surface area (Å²) in [5, 5.41) is 8.88. The number of aryl methyl sites for hydroxylation is 3. The fourth-order valence-corrected chi connectivity index (χ4v) is 4.98. The van der Waals surface area contributed by atoms with E-state index in [-0.39, 0.29) is 16.7 Å². The SMILES string of the molecule is CCn1nnc2c(C)c([C@H](CC(C)=O)c3ccc(C)c(CO[Si](C)(C)C(C)(C)C)c3)ccc21.